The minimum absolute atomic E-state index is 0.0101. The highest BCUT2D eigenvalue weighted by atomic mass is 19.3. The number of aromatic amines is 1. The van der Waals surface area contributed by atoms with E-state index in [0.717, 1.165) is 6.33 Å². The molecular formula is C11H10F4N4O. The van der Waals surface area contributed by atoms with Crippen molar-refractivity contribution in [1.82, 2.24) is 9.97 Å². The number of halogens is 4. The van der Waals surface area contributed by atoms with Gasteiger partial charge in [-0.25, -0.2) is 13.8 Å². The van der Waals surface area contributed by atoms with Crippen LogP contribution in [0.1, 0.15) is 0 Å². The molecule has 0 radical (unpaired) electrons. The highest BCUT2D eigenvalue weighted by Gasteiger charge is 2.40. The zero-order valence-corrected chi connectivity index (χ0v) is 9.96. The Kier molecular flexibility index (Phi) is 3.51. The van der Waals surface area contributed by atoms with E-state index in [1.54, 1.807) is 0 Å². The molecule has 0 amide bonds. The van der Waals surface area contributed by atoms with Crippen LogP contribution in [0.25, 0.3) is 10.9 Å². The van der Waals surface area contributed by atoms with Crippen LogP contribution < -0.4 is 16.6 Å². The van der Waals surface area contributed by atoms with E-state index in [1.807, 2.05) is 0 Å². The molecule has 0 aliphatic heterocycles. The Hall–Kier alpha value is -2.32. The minimum atomic E-state index is -4.18. The first-order chi connectivity index (χ1) is 9.31. The van der Waals surface area contributed by atoms with E-state index in [9.17, 15) is 22.4 Å². The minimum Gasteiger partial charge on any atom is -0.397 e. The molecule has 2 aromatic rings. The first kappa shape index (κ1) is 14.1. The van der Waals surface area contributed by atoms with Gasteiger partial charge in [0.2, 0.25) is 0 Å². The Balaban J connectivity index is 2.32. The normalized spacial score (nSPS) is 12.1. The van der Waals surface area contributed by atoms with Crippen LogP contribution in [-0.4, -0.2) is 28.9 Å². The predicted molar refractivity (Wildman–Crippen MR) is 66.2 cm³/mol. The second kappa shape index (κ2) is 4.99. The van der Waals surface area contributed by atoms with Crippen LogP contribution in [-0.2, 0) is 0 Å². The van der Waals surface area contributed by atoms with Crippen LogP contribution in [0.2, 0.25) is 0 Å². The van der Waals surface area contributed by atoms with Gasteiger partial charge in [-0.15, -0.1) is 0 Å². The summed E-state index contributed by atoms with van der Waals surface area (Å²) >= 11 is 0. The van der Waals surface area contributed by atoms with Crippen LogP contribution in [0.15, 0.2) is 23.3 Å². The number of nitrogens with zero attached hydrogens (tertiary/aromatic N) is 1. The lowest BCUT2D eigenvalue weighted by Gasteiger charge is -2.17. The first-order valence-electron chi connectivity index (χ1n) is 5.48. The number of nitrogens with two attached hydrogens (primary N) is 1. The van der Waals surface area contributed by atoms with E-state index in [-0.39, 0.29) is 22.3 Å². The van der Waals surface area contributed by atoms with Crippen molar-refractivity contribution >= 4 is 22.3 Å². The average molecular weight is 290 g/mol. The Labute approximate surface area is 109 Å². The number of nitrogen functional groups attached to an aromatic ring is 1. The van der Waals surface area contributed by atoms with Crippen LogP contribution in [0.4, 0.5) is 28.9 Å². The quantitative estimate of drug-likeness (QED) is 0.592. The molecule has 0 saturated carbocycles. The Morgan fingerprint density at radius 3 is 2.75 bits per heavy atom. The van der Waals surface area contributed by atoms with Gasteiger partial charge in [-0.05, 0) is 12.1 Å². The molecule has 0 fully saturated rings. The summed E-state index contributed by atoms with van der Waals surface area (Å²) < 4.78 is 49.7. The van der Waals surface area contributed by atoms with E-state index in [2.05, 4.69) is 15.3 Å². The van der Waals surface area contributed by atoms with Crippen molar-refractivity contribution in [1.29, 1.82) is 0 Å². The van der Waals surface area contributed by atoms with Crippen LogP contribution in [0, 0.1) is 0 Å². The number of anilines is 2. The zero-order chi connectivity index (χ0) is 14.9. The first-order valence-corrected chi connectivity index (χ1v) is 5.48. The van der Waals surface area contributed by atoms with Gasteiger partial charge < -0.3 is 16.0 Å². The number of fused-ring (bicyclic) bond motifs is 1. The molecule has 0 aliphatic rings. The summed E-state index contributed by atoms with van der Waals surface area (Å²) in [5, 5.41) is 2.32. The topological polar surface area (TPSA) is 83.8 Å². The van der Waals surface area contributed by atoms with E-state index >= 15 is 0 Å². The third-order valence-corrected chi connectivity index (χ3v) is 2.65. The summed E-state index contributed by atoms with van der Waals surface area (Å²) in [5.74, 6) is -4.18. The van der Waals surface area contributed by atoms with Crippen molar-refractivity contribution in [2.24, 2.45) is 0 Å². The number of hydrogen-bond donors (Lipinski definition) is 3. The predicted octanol–water partition coefficient (Wildman–Crippen LogP) is 1.82. The standard InChI is InChI=1S/C11H10F4N4O/c12-10(13)11(14,15)3-17-8-2-7-5(1-6(8)16)9(20)19-4-18-7/h1-2,4,10,17H,3,16H2,(H,18,19,20). The van der Waals surface area contributed by atoms with Gasteiger partial charge in [-0.2, -0.15) is 8.78 Å². The fourth-order valence-corrected chi connectivity index (χ4v) is 1.58. The molecule has 4 N–H and O–H groups in total. The van der Waals surface area contributed by atoms with Crippen LogP contribution >= 0.6 is 0 Å². The molecule has 1 aromatic heterocycles. The van der Waals surface area contributed by atoms with Gasteiger partial charge in [-0.3, -0.25) is 4.79 Å². The van der Waals surface area contributed by atoms with E-state index in [0.29, 0.717) is 0 Å². The van der Waals surface area contributed by atoms with Crippen molar-refractivity contribution in [2.45, 2.75) is 12.3 Å². The van der Waals surface area contributed by atoms with Crippen molar-refractivity contribution in [3.05, 3.63) is 28.8 Å². The maximum atomic E-state index is 12.8. The molecule has 108 valence electrons. The second-order valence-corrected chi connectivity index (χ2v) is 4.10. The van der Waals surface area contributed by atoms with Gasteiger partial charge in [0.25, 0.3) is 5.56 Å². The zero-order valence-electron chi connectivity index (χ0n) is 9.96. The van der Waals surface area contributed by atoms with Gasteiger partial charge >= 0.3 is 12.3 Å². The summed E-state index contributed by atoms with van der Waals surface area (Å²) in [6.45, 7) is -1.27. The number of benzene rings is 1. The highest BCUT2D eigenvalue weighted by Crippen LogP contribution is 2.27. The van der Waals surface area contributed by atoms with Crippen molar-refractivity contribution in [3.63, 3.8) is 0 Å². The summed E-state index contributed by atoms with van der Waals surface area (Å²) in [6, 6.07) is 2.49. The van der Waals surface area contributed by atoms with Crippen molar-refractivity contribution < 1.29 is 17.6 Å². The second-order valence-electron chi connectivity index (χ2n) is 4.10. The number of aromatic nitrogens is 2. The molecule has 0 atom stereocenters. The smallest absolute Gasteiger partial charge is 0.324 e. The lowest BCUT2D eigenvalue weighted by molar-refractivity contribution is -0.117. The maximum absolute atomic E-state index is 12.8. The Bertz CT molecular complexity index is 686. The molecule has 0 saturated heterocycles. The third kappa shape index (κ3) is 2.65. The largest absolute Gasteiger partial charge is 0.397 e. The molecule has 0 bridgehead atoms. The maximum Gasteiger partial charge on any atom is 0.324 e. The fraction of sp³-hybridized carbons (Fsp3) is 0.273. The molecule has 9 heteroatoms. The SMILES string of the molecule is Nc1cc2c(=O)[nH]cnc2cc1NCC(F)(F)C(F)F. The van der Waals surface area contributed by atoms with Crippen molar-refractivity contribution in [2.75, 3.05) is 17.6 Å². The molecular weight excluding hydrogens is 280 g/mol. The Morgan fingerprint density at radius 2 is 2.10 bits per heavy atom. The van der Waals surface area contributed by atoms with Gasteiger partial charge in [0.05, 0.1) is 35.1 Å². The summed E-state index contributed by atoms with van der Waals surface area (Å²) in [7, 11) is 0. The molecule has 1 aromatic carbocycles. The molecule has 2 rings (SSSR count). The monoisotopic (exact) mass is 290 g/mol. The number of hydrogen-bond acceptors (Lipinski definition) is 4. The lowest BCUT2D eigenvalue weighted by Crippen LogP contribution is -2.35. The van der Waals surface area contributed by atoms with Crippen LogP contribution in [0.3, 0.4) is 0 Å². The molecule has 0 spiro atoms. The lowest BCUT2D eigenvalue weighted by atomic mass is 10.2. The molecule has 0 aliphatic carbocycles. The number of nitrogens with one attached hydrogen (secondary N) is 2. The number of alkyl halides is 4. The van der Waals surface area contributed by atoms with Gasteiger partial charge in [0, 0.05) is 0 Å². The fourth-order valence-electron chi connectivity index (χ4n) is 1.58. The van der Waals surface area contributed by atoms with E-state index in [1.165, 1.54) is 12.1 Å². The number of rotatable bonds is 4. The molecule has 5 nitrogen and oxygen atoms in total. The molecule has 20 heavy (non-hydrogen) atoms. The van der Waals surface area contributed by atoms with Crippen LogP contribution in [0.5, 0.6) is 0 Å². The summed E-state index contributed by atoms with van der Waals surface area (Å²) in [5.41, 5.74) is 5.36. The van der Waals surface area contributed by atoms with Gasteiger partial charge in [0.1, 0.15) is 0 Å². The third-order valence-electron chi connectivity index (χ3n) is 2.65. The van der Waals surface area contributed by atoms with Gasteiger partial charge in [-0.1, -0.05) is 0 Å². The molecule has 1 heterocycles. The van der Waals surface area contributed by atoms with Crippen molar-refractivity contribution in [3.8, 4) is 0 Å². The Morgan fingerprint density at radius 1 is 1.40 bits per heavy atom. The van der Waals surface area contributed by atoms with E-state index < -0.39 is 24.5 Å². The van der Waals surface area contributed by atoms with E-state index in [4.69, 9.17) is 5.73 Å². The highest BCUT2D eigenvalue weighted by molar-refractivity contribution is 5.88. The summed E-state index contributed by atoms with van der Waals surface area (Å²) in [6.07, 6.45) is -2.64. The number of H-pyrrole nitrogens is 1. The summed E-state index contributed by atoms with van der Waals surface area (Å²) in [4.78, 5) is 17.6. The average Bonchev–Trinajstić information content (AvgIpc) is 2.37. The van der Waals surface area contributed by atoms with Gasteiger partial charge in [0.15, 0.2) is 0 Å². The molecule has 0 unspecified atom stereocenters.